The van der Waals surface area contributed by atoms with Crippen LogP contribution in [0.3, 0.4) is 0 Å². The molecule has 0 radical (unpaired) electrons. The number of ether oxygens (including phenoxy) is 2. The van der Waals surface area contributed by atoms with Crippen LogP contribution < -0.4 is 10.1 Å². The third kappa shape index (κ3) is 6.64. The van der Waals surface area contributed by atoms with Gasteiger partial charge >= 0.3 is 5.97 Å². The van der Waals surface area contributed by atoms with Gasteiger partial charge in [-0.05, 0) is 65.4 Å². The van der Waals surface area contributed by atoms with Crippen molar-refractivity contribution >= 4 is 23.5 Å². The lowest BCUT2D eigenvalue weighted by molar-refractivity contribution is -0.179. The molecule has 10 heteroatoms. The summed E-state index contributed by atoms with van der Waals surface area (Å²) in [5.41, 5.74) is 2.47. The number of hydrogen-bond acceptors (Lipinski definition) is 8. The number of hydrogen-bond donors (Lipinski definition) is 3. The second-order valence-corrected chi connectivity index (χ2v) is 15.0. The zero-order valence-electron chi connectivity index (χ0n) is 31.3. The predicted molar refractivity (Wildman–Crippen MR) is 210 cm³/mol. The molecule has 4 aromatic carbocycles. The molecule has 56 heavy (non-hydrogen) atoms. The van der Waals surface area contributed by atoms with Gasteiger partial charge in [0.15, 0.2) is 0 Å². The van der Waals surface area contributed by atoms with E-state index in [0.717, 1.165) is 43.2 Å². The van der Waals surface area contributed by atoms with Gasteiger partial charge in [0.25, 0.3) is 0 Å². The molecule has 1 spiro atoms. The summed E-state index contributed by atoms with van der Waals surface area (Å²) in [6.07, 6.45) is 4.25. The summed E-state index contributed by atoms with van der Waals surface area (Å²) >= 11 is 0. The summed E-state index contributed by atoms with van der Waals surface area (Å²) in [6, 6.07) is 29.8. The van der Waals surface area contributed by atoms with E-state index in [1.165, 1.54) is 0 Å². The molecule has 6 atom stereocenters. The number of nitrogens with one attached hydrogen (secondary N) is 1. The van der Waals surface area contributed by atoms with E-state index in [4.69, 9.17) is 9.47 Å². The number of rotatable bonds is 8. The normalized spacial score (nSPS) is 25.9. The van der Waals surface area contributed by atoms with Crippen LogP contribution in [-0.4, -0.2) is 76.7 Å². The molecule has 3 fully saturated rings. The third-order valence-corrected chi connectivity index (χ3v) is 11.7. The van der Waals surface area contributed by atoms with Crippen LogP contribution in [0, 0.1) is 17.8 Å². The van der Waals surface area contributed by atoms with E-state index in [2.05, 4.69) is 22.1 Å². The number of aliphatic hydroxyl groups is 2. The molecule has 3 saturated heterocycles. The Hall–Kier alpha value is -5.47. The van der Waals surface area contributed by atoms with Crippen LogP contribution in [0.4, 0.5) is 5.69 Å². The quantitative estimate of drug-likeness (QED) is 0.151. The molecule has 4 aliphatic rings. The van der Waals surface area contributed by atoms with Gasteiger partial charge in [0.05, 0.1) is 31.2 Å². The summed E-state index contributed by atoms with van der Waals surface area (Å²) in [7, 11) is 0. The number of anilines is 1. The molecule has 0 aromatic heterocycles. The van der Waals surface area contributed by atoms with Crippen molar-refractivity contribution in [3.63, 3.8) is 0 Å². The molecule has 288 valence electrons. The summed E-state index contributed by atoms with van der Waals surface area (Å²) in [4.78, 5) is 50.1. The van der Waals surface area contributed by atoms with Gasteiger partial charge in [-0.15, -0.1) is 0 Å². The van der Waals surface area contributed by atoms with Gasteiger partial charge in [0.2, 0.25) is 11.8 Å². The molecule has 8 rings (SSSR count). The van der Waals surface area contributed by atoms with Crippen LogP contribution in [0.25, 0.3) is 0 Å². The van der Waals surface area contributed by atoms with E-state index < -0.39 is 41.5 Å². The standard InChI is InChI=1S/C46H47N3O7/c50-26-13-10-15-31-22-23-37-36(29-31)46(45(54)47-37)38(43(52)48-24-11-2-1-3-12-25-48)40-44(53)56-41(33-18-8-5-9-19-33)39(32-16-6-4-7-17-32)49(40)42(46)34-20-14-21-35(30-34)55-28-27-51/h4-9,14,16-23,29-30,38-42,50-51H,1-3,11-13,24-28H2,(H,47,54)/t38-,39-,40-,41+,42+,46-/m0/s1. The SMILES string of the molecule is O=C1O[C@H](c2ccccc2)[C@H](c2ccccc2)N2[C@H]1[C@@H](C(=O)N1CCCCCCC1)[C@]1(C(=O)Nc3ccc(C#CCCO)cc31)[C@H]2c1cccc(OCCO)c1. The van der Waals surface area contributed by atoms with Crippen LogP contribution in [0.5, 0.6) is 5.75 Å². The minimum atomic E-state index is -1.62. The number of carbonyl (C=O) groups is 3. The lowest BCUT2D eigenvalue weighted by Gasteiger charge is -2.46. The van der Waals surface area contributed by atoms with Crippen molar-refractivity contribution in [3.8, 4) is 17.6 Å². The minimum Gasteiger partial charge on any atom is -0.491 e. The highest BCUT2D eigenvalue weighted by Gasteiger charge is 2.74. The molecule has 2 amide bonds. The Morgan fingerprint density at radius 3 is 2.21 bits per heavy atom. The lowest BCUT2D eigenvalue weighted by atomic mass is 9.65. The fourth-order valence-electron chi connectivity index (χ4n) is 9.47. The van der Waals surface area contributed by atoms with E-state index >= 15 is 14.4 Å². The Labute approximate surface area is 327 Å². The maximum atomic E-state index is 15.7. The van der Waals surface area contributed by atoms with Crippen LogP contribution in [-0.2, 0) is 24.5 Å². The first-order valence-electron chi connectivity index (χ1n) is 19.7. The first kappa shape index (κ1) is 37.5. The van der Waals surface area contributed by atoms with E-state index in [1.54, 1.807) is 6.07 Å². The number of cyclic esters (lactones) is 1. The van der Waals surface area contributed by atoms with Crippen molar-refractivity contribution < 1.29 is 34.1 Å². The van der Waals surface area contributed by atoms with Gasteiger partial charge in [0.1, 0.15) is 29.9 Å². The number of fused-ring (bicyclic) bond motifs is 3. The number of likely N-dealkylation sites (tertiary alicyclic amines) is 1. The molecular weight excluding hydrogens is 707 g/mol. The number of benzene rings is 4. The monoisotopic (exact) mass is 753 g/mol. The van der Waals surface area contributed by atoms with E-state index in [1.807, 2.05) is 102 Å². The zero-order valence-corrected chi connectivity index (χ0v) is 31.3. The van der Waals surface area contributed by atoms with Gasteiger partial charge in [-0.3, -0.25) is 19.3 Å². The van der Waals surface area contributed by atoms with Crippen molar-refractivity contribution in [3.05, 3.63) is 131 Å². The van der Waals surface area contributed by atoms with Gasteiger partial charge in [-0.1, -0.05) is 104 Å². The second kappa shape index (κ2) is 16.3. The predicted octanol–water partition coefficient (Wildman–Crippen LogP) is 5.86. The molecule has 0 bridgehead atoms. The molecule has 4 aliphatic heterocycles. The fourth-order valence-corrected chi connectivity index (χ4v) is 9.47. The number of carbonyl (C=O) groups excluding carboxylic acids is 3. The van der Waals surface area contributed by atoms with Crippen molar-refractivity contribution in [1.29, 1.82) is 0 Å². The summed E-state index contributed by atoms with van der Waals surface area (Å²) in [5.74, 6) is 4.27. The van der Waals surface area contributed by atoms with Crippen LogP contribution >= 0.6 is 0 Å². The van der Waals surface area contributed by atoms with Gasteiger partial charge in [-0.2, -0.15) is 0 Å². The molecule has 0 saturated carbocycles. The van der Waals surface area contributed by atoms with E-state index in [9.17, 15) is 10.2 Å². The molecule has 4 aromatic rings. The minimum absolute atomic E-state index is 0.0654. The van der Waals surface area contributed by atoms with Gasteiger partial charge in [0, 0.05) is 30.8 Å². The summed E-state index contributed by atoms with van der Waals surface area (Å²) in [6.45, 7) is 0.842. The van der Waals surface area contributed by atoms with Crippen molar-refractivity contribution in [2.75, 3.05) is 38.2 Å². The summed E-state index contributed by atoms with van der Waals surface area (Å²) in [5, 5.41) is 22.3. The highest BCUT2D eigenvalue weighted by molar-refractivity contribution is 6.12. The maximum Gasteiger partial charge on any atom is 0.324 e. The topological polar surface area (TPSA) is 129 Å². The molecular formula is C46H47N3O7. The van der Waals surface area contributed by atoms with Crippen LogP contribution in [0.1, 0.15) is 84.5 Å². The van der Waals surface area contributed by atoms with E-state index in [-0.39, 0.29) is 38.1 Å². The van der Waals surface area contributed by atoms with Crippen LogP contribution in [0.15, 0.2) is 103 Å². The Bertz CT molecular complexity index is 2120. The van der Waals surface area contributed by atoms with Crippen molar-refractivity contribution in [2.45, 2.75) is 68.2 Å². The first-order valence-corrected chi connectivity index (χ1v) is 19.7. The second-order valence-electron chi connectivity index (χ2n) is 15.0. The largest absolute Gasteiger partial charge is 0.491 e. The Morgan fingerprint density at radius 2 is 1.50 bits per heavy atom. The van der Waals surface area contributed by atoms with Crippen molar-refractivity contribution in [1.82, 2.24) is 9.80 Å². The zero-order chi connectivity index (χ0) is 38.6. The van der Waals surface area contributed by atoms with Crippen LogP contribution in [0.2, 0.25) is 0 Å². The number of aliphatic hydroxyl groups excluding tert-OH is 2. The summed E-state index contributed by atoms with van der Waals surface area (Å²) < 4.78 is 12.5. The smallest absolute Gasteiger partial charge is 0.324 e. The van der Waals surface area contributed by atoms with Gasteiger partial charge < -0.3 is 29.9 Å². The highest BCUT2D eigenvalue weighted by atomic mass is 16.6. The Balaban J connectivity index is 1.43. The number of amides is 2. The number of esters is 1. The maximum absolute atomic E-state index is 15.7. The average Bonchev–Trinajstić information content (AvgIpc) is 3.69. The first-order chi connectivity index (χ1) is 27.5. The third-order valence-electron chi connectivity index (χ3n) is 11.7. The van der Waals surface area contributed by atoms with E-state index in [0.29, 0.717) is 41.2 Å². The average molecular weight is 754 g/mol. The molecule has 0 aliphatic carbocycles. The fraction of sp³-hybridized carbons (Fsp3) is 0.370. The lowest BCUT2D eigenvalue weighted by Crippen LogP contribution is -2.55. The number of morpholine rings is 1. The van der Waals surface area contributed by atoms with Gasteiger partial charge in [-0.25, -0.2) is 0 Å². The molecule has 0 unspecified atom stereocenters. The molecule has 4 heterocycles. The number of nitrogens with zero attached hydrogens (tertiary/aromatic N) is 2. The Morgan fingerprint density at radius 1 is 0.804 bits per heavy atom. The molecule has 3 N–H and O–H groups in total. The highest BCUT2D eigenvalue weighted by Crippen LogP contribution is 2.65. The molecule has 10 nitrogen and oxygen atoms in total. The Kier molecular flexibility index (Phi) is 10.9. The van der Waals surface area contributed by atoms with Crippen molar-refractivity contribution in [2.24, 2.45) is 5.92 Å².